The highest BCUT2D eigenvalue weighted by atomic mass is 19.1. The summed E-state index contributed by atoms with van der Waals surface area (Å²) in [6, 6.07) is 5.32. The fraction of sp³-hybridized carbons (Fsp3) is 0.286. The highest BCUT2D eigenvalue weighted by Crippen LogP contribution is 2.24. The Morgan fingerprint density at radius 2 is 1.94 bits per heavy atom. The van der Waals surface area contributed by atoms with Crippen LogP contribution in [0.25, 0.3) is 0 Å². The second-order valence-electron chi connectivity index (χ2n) is 4.08. The van der Waals surface area contributed by atoms with Crippen LogP contribution in [0.2, 0.25) is 0 Å². The van der Waals surface area contributed by atoms with E-state index in [1.54, 1.807) is 18.6 Å². The van der Waals surface area contributed by atoms with Crippen LogP contribution in [0.3, 0.4) is 0 Å². The molecule has 0 fully saturated rings. The van der Waals surface area contributed by atoms with E-state index >= 15 is 0 Å². The van der Waals surface area contributed by atoms with Crippen molar-refractivity contribution >= 4 is 0 Å². The monoisotopic (exact) mass is 251 g/mol. The van der Waals surface area contributed by atoms with Crippen LogP contribution in [0.5, 0.6) is 0 Å². The van der Waals surface area contributed by atoms with Crippen molar-refractivity contribution in [1.82, 2.24) is 5.32 Å². The number of benzene rings is 1. The van der Waals surface area contributed by atoms with Gasteiger partial charge in [0, 0.05) is 11.6 Å². The van der Waals surface area contributed by atoms with Crippen molar-refractivity contribution in [1.29, 1.82) is 0 Å². The summed E-state index contributed by atoms with van der Waals surface area (Å²) in [6.45, 7) is 2.54. The van der Waals surface area contributed by atoms with Gasteiger partial charge in [0.1, 0.15) is 11.6 Å². The Balaban J connectivity index is 2.29. The van der Waals surface area contributed by atoms with Crippen LogP contribution in [0.1, 0.15) is 24.1 Å². The van der Waals surface area contributed by atoms with Crippen LogP contribution in [0, 0.1) is 11.6 Å². The molecule has 2 nitrogen and oxygen atoms in total. The van der Waals surface area contributed by atoms with Crippen molar-refractivity contribution < 1.29 is 13.2 Å². The second-order valence-corrected chi connectivity index (χ2v) is 4.08. The van der Waals surface area contributed by atoms with Gasteiger partial charge in [-0.2, -0.15) is 0 Å². The van der Waals surface area contributed by atoms with Gasteiger partial charge in [0.25, 0.3) is 0 Å². The van der Waals surface area contributed by atoms with E-state index < -0.39 is 17.7 Å². The lowest BCUT2D eigenvalue weighted by Gasteiger charge is -2.18. The van der Waals surface area contributed by atoms with Gasteiger partial charge in [0.05, 0.1) is 12.5 Å². The van der Waals surface area contributed by atoms with Gasteiger partial charge < -0.3 is 9.73 Å². The summed E-state index contributed by atoms with van der Waals surface area (Å²) in [5.74, 6) is -1.05. The molecule has 18 heavy (non-hydrogen) atoms. The van der Waals surface area contributed by atoms with E-state index in [0.717, 1.165) is 5.56 Å². The first-order valence-electron chi connectivity index (χ1n) is 5.90. The smallest absolute Gasteiger partial charge is 0.130 e. The third-order valence-electron chi connectivity index (χ3n) is 2.82. The van der Waals surface area contributed by atoms with Gasteiger partial charge in [0.15, 0.2) is 0 Å². The zero-order chi connectivity index (χ0) is 13.0. The Labute approximate surface area is 105 Å². The second kappa shape index (κ2) is 5.78. The molecular formula is C14H15F2NO. The van der Waals surface area contributed by atoms with E-state index in [9.17, 15) is 8.78 Å². The maximum absolute atomic E-state index is 13.7. The van der Waals surface area contributed by atoms with Crippen molar-refractivity contribution in [2.45, 2.75) is 19.4 Å². The quantitative estimate of drug-likeness (QED) is 0.880. The predicted octanol–water partition coefficient (Wildman–Crippen LogP) is 3.45. The molecule has 2 aromatic rings. The number of hydrogen-bond acceptors (Lipinski definition) is 2. The van der Waals surface area contributed by atoms with E-state index in [1.807, 2.05) is 6.92 Å². The standard InChI is InChI=1S/C14H15F2NO/c1-2-17-13(8-10-6-7-18-9-10)14-11(15)4-3-5-12(14)16/h3-7,9,13,17H,2,8H2,1H3. The zero-order valence-electron chi connectivity index (χ0n) is 10.1. The molecule has 1 unspecified atom stereocenters. The summed E-state index contributed by atoms with van der Waals surface area (Å²) >= 11 is 0. The molecule has 0 aliphatic heterocycles. The van der Waals surface area contributed by atoms with Gasteiger partial charge in [0.2, 0.25) is 0 Å². The first kappa shape index (κ1) is 12.8. The molecule has 0 aliphatic rings. The number of halogens is 2. The summed E-state index contributed by atoms with van der Waals surface area (Å²) in [5.41, 5.74) is 0.990. The molecule has 2 rings (SSSR count). The van der Waals surface area contributed by atoms with Crippen LogP contribution in [-0.2, 0) is 6.42 Å². The molecule has 1 heterocycles. The summed E-state index contributed by atoms with van der Waals surface area (Å²) in [6.07, 6.45) is 3.63. The van der Waals surface area contributed by atoms with Crippen molar-refractivity contribution in [3.05, 3.63) is 59.6 Å². The largest absolute Gasteiger partial charge is 0.472 e. The Kier molecular flexibility index (Phi) is 4.10. The highest BCUT2D eigenvalue weighted by molar-refractivity contribution is 5.25. The van der Waals surface area contributed by atoms with Gasteiger partial charge in [-0.15, -0.1) is 0 Å². The average Bonchev–Trinajstić information content (AvgIpc) is 2.82. The molecule has 0 saturated carbocycles. The summed E-state index contributed by atoms with van der Waals surface area (Å²) in [4.78, 5) is 0. The number of nitrogens with one attached hydrogen (secondary N) is 1. The zero-order valence-corrected chi connectivity index (χ0v) is 10.1. The lowest BCUT2D eigenvalue weighted by atomic mass is 9.99. The molecule has 0 saturated heterocycles. The molecule has 1 aromatic heterocycles. The Hall–Kier alpha value is -1.68. The van der Waals surface area contributed by atoms with Gasteiger partial charge in [-0.05, 0) is 36.7 Å². The SMILES string of the molecule is CCNC(Cc1ccoc1)c1c(F)cccc1F. The molecule has 1 atom stereocenters. The molecule has 0 spiro atoms. The van der Waals surface area contributed by atoms with Gasteiger partial charge in [-0.25, -0.2) is 8.78 Å². The van der Waals surface area contributed by atoms with Crippen LogP contribution in [0.15, 0.2) is 41.2 Å². The van der Waals surface area contributed by atoms with Crippen LogP contribution < -0.4 is 5.32 Å². The minimum atomic E-state index is -0.524. The molecule has 0 bridgehead atoms. The Morgan fingerprint density at radius 1 is 1.22 bits per heavy atom. The third kappa shape index (κ3) is 2.76. The number of hydrogen-bond donors (Lipinski definition) is 1. The van der Waals surface area contributed by atoms with E-state index in [0.29, 0.717) is 13.0 Å². The van der Waals surface area contributed by atoms with Crippen LogP contribution >= 0.6 is 0 Å². The summed E-state index contributed by atoms with van der Waals surface area (Å²) in [7, 11) is 0. The van der Waals surface area contributed by atoms with Crippen molar-refractivity contribution in [2.75, 3.05) is 6.54 Å². The number of rotatable bonds is 5. The maximum Gasteiger partial charge on any atom is 0.130 e. The summed E-state index contributed by atoms with van der Waals surface area (Å²) in [5, 5.41) is 3.10. The average molecular weight is 251 g/mol. The fourth-order valence-electron chi connectivity index (χ4n) is 2.01. The topological polar surface area (TPSA) is 25.2 Å². The Morgan fingerprint density at radius 3 is 2.50 bits per heavy atom. The minimum absolute atomic E-state index is 0.0838. The van der Waals surface area contributed by atoms with Crippen LogP contribution in [0.4, 0.5) is 8.78 Å². The predicted molar refractivity (Wildman–Crippen MR) is 65.2 cm³/mol. The first-order valence-corrected chi connectivity index (χ1v) is 5.90. The Bertz CT molecular complexity index is 476. The maximum atomic E-state index is 13.7. The first-order chi connectivity index (χ1) is 8.72. The minimum Gasteiger partial charge on any atom is -0.472 e. The fourth-order valence-corrected chi connectivity index (χ4v) is 2.01. The van der Waals surface area contributed by atoms with E-state index in [2.05, 4.69) is 5.32 Å². The highest BCUT2D eigenvalue weighted by Gasteiger charge is 2.19. The normalized spacial score (nSPS) is 12.6. The molecule has 96 valence electrons. The lowest BCUT2D eigenvalue weighted by Crippen LogP contribution is -2.25. The molecule has 0 radical (unpaired) electrons. The number of furan rings is 1. The van der Waals surface area contributed by atoms with E-state index in [4.69, 9.17) is 4.42 Å². The molecule has 1 N–H and O–H groups in total. The van der Waals surface area contributed by atoms with Gasteiger partial charge in [-0.1, -0.05) is 13.0 Å². The van der Waals surface area contributed by atoms with Crippen molar-refractivity contribution in [3.63, 3.8) is 0 Å². The van der Waals surface area contributed by atoms with Gasteiger partial charge in [-0.3, -0.25) is 0 Å². The molecular weight excluding hydrogens is 236 g/mol. The molecule has 4 heteroatoms. The molecule has 1 aromatic carbocycles. The number of likely N-dealkylation sites (N-methyl/N-ethyl adjacent to an activating group) is 1. The van der Waals surface area contributed by atoms with Crippen LogP contribution in [-0.4, -0.2) is 6.54 Å². The van der Waals surface area contributed by atoms with Crippen molar-refractivity contribution in [3.8, 4) is 0 Å². The lowest BCUT2D eigenvalue weighted by molar-refractivity contribution is 0.470. The summed E-state index contributed by atoms with van der Waals surface area (Å²) < 4.78 is 32.5. The van der Waals surface area contributed by atoms with E-state index in [1.165, 1.54) is 18.2 Å². The van der Waals surface area contributed by atoms with Gasteiger partial charge >= 0.3 is 0 Å². The third-order valence-corrected chi connectivity index (χ3v) is 2.82. The molecule has 0 amide bonds. The van der Waals surface area contributed by atoms with Crippen molar-refractivity contribution in [2.24, 2.45) is 0 Å². The van der Waals surface area contributed by atoms with E-state index in [-0.39, 0.29) is 5.56 Å². The molecule has 0 aliphatic carbocycles.